The van der Waals surface area contributed by atoms with E-state index in [2.05, 4.69) is 4.90 Å². The molecule has 0 radical (unpaired) electrons. The lowest BCUT2D eigenvalue weighted by Gasteiger charge is -2.44. The fourth-order valence-corrected chi connectivity index (χ4v) is 3.58. The van der Waals surface area contributed by atoms with E-state index in [1.165, 1.54) is 0 Å². The maximum atomic E-state index is 14.1. The fraction of sp³-hybridized carbons (Fsp3) is 0.625. The topological polar surface area (TPSA) is 32.5 Å². The molecule has 0 bridgehead atoms. The number of benzene rings is 1. The summed E-state index contributed by atoms with van der Waals surface area (Å²) in [5, 5.41) is 0. The van der Waals surface area contributed by atoms with Crippen LogP contribution in [0.2, 0.25) is 0 Å². The third kappa shape index (κ3) is 2.98. The van der Waals surface area contributed by atoms with Gasteiger partial charge in [0.25, 0.3) is 5.92 Å². The Kier molecular flexibility index (Phi) is 4.02. The van der Waals surface area contributed by atoms with Crippen LogP contribution in [0.4, 0.5) is 20.2 Å². The highest BCUT2D eigenvalue weighted by Gasteiger charge is 2.45. The molecule has 116 valence electrons. The third-order valence-corrected chi connectivity index (χ3v) is 4.76. The van der Waals surface area contributed by atoms with Crippen molar-refractivity contribution in [3.8, 4) is 0 Å². The molecule has 0 unspecified atom stereocenters. The van der Waals surface area contributed by atoms with Gasteiger partial charge in [0, 0.05) is 32.6 Å². The molecule has 1 heterocycles. The molecule has 21 heavy (non-hydrogen) atoms. The van der Waals surface area contributed by atoms with Crippen molar-refractivity contribution < 1.29 is 8.78 Å². The zero-order valence-corrected chi connectivity index (χ0v) is 12.3. The molecule has 0 amide bonds. The van der Waals surface area contributed by atoms with Crippen molar-refractivity contribution >= 4 is 11.4 Å². The largest absolute Gasteiger partial charge is 0.397 e. The molecule has 2 N–H and O–H groups in total. The van der Waals surface area contributed by atoms with Crippen molar-refractivity contribution in [2.75, 3.05) is 36.8 Å². The molecule has 1 aliphatic heterocycles. The van der Waals surface area contributed by atoms with Crippen LogP contribution < -0.4 is 10.6 Å². The van der Waals surface area contributed by atoms with E-state index in [9.17, 15) is 8.78 Å². The SMILES string of the molecule is Nc1ccccc1N1CCN([C@H]2CCCCC2(F)F)CC1. The van der Waals surface area contributed by atoms with Gasteiger partial charge in [0.1, 0.15) is 0 Å². The van der Waals surface area contributed by atoms with Crippen LogP contribution >= 0.6 is 0 Å². The third-order valence-electron chi connectivity index (χ3n) is 4.76. The Morgan fingerprint density at radius 3 is 2.43 bits per heavy atom. The summed E-state index contributed by atoms with van der Waals surface area (Å²) in [5.41, 5.74) is 7.78. The summed E-state index contributed by atoms with van der Waals surface area (Å²) in [6.07, 6.45) is 2.25. The van der Waals surface area contributed by atoms with Gasteiger partial charge in [-0.3, -0.25) is 4.90 Å². The number of nitrogens with two attached hydrogens (primary N) is 1. The number of nitrogens with zero attached hydrogens (tertiary/aromatic N) is 2. The van der Waals surface area contributed by atoms with Crippen LogP contribution in [0.5, 0.6) is 0 Å². The van der Waals surface area contributed by atoms with Crippen LogP contribution in [-0.4, -0.2) is 43.0 Å². The highest BCUT2D eigenvalue weighted by atomic mass is 19.3. The van der Waals surface area contributed by atoms with E-state index in [4.69, 9.17) is 5.73 Å². The lowest BCUT2D eigenvalue weighted by molar-refractivity contribution is -0.107. The van der Waals surface area contributed by atoms with Crippen molar-refractivity contribution in [3.63, 3.8) is 0 Å². The predicted molar refractivity (Wildman–Crippen MR) is 81.8 cm³/mol. The van der Waals surface area contributed by atoms with Crippen molar-refractivity contribution in [3.05, 3.63) is 24.3 Å². The summed E-state index contributed by atoms with van der Waals surface area (Å²) in [4.78, 5) is 4.18. The van der Waals surface area contributed by atoms with Crippen molar-refractivity contribution in [1.82, 2.24) is 4.90 Å². The van der Waals surface area contributed by atoms with E-state index in [1.54, 1.807) is 0 Å². The van der Waals surface area contributed by atoms with Gasteiger partial charge in [0.05, 0.1) is 17.4 Å². The van der Waals surface area contributed by atoms with E-state index < -0.39 is 12.0 Å². The maximum absolute atomic E-state index is 14.1. The normalized spacial score (nSPS) is 26.8. The van der Waals surface area contributed by atoms with Crippen LogP contribution in [0.25, 0.3) is 0 Å². The van der Waals surface area contributed by atoms with Crippen molar-refractivity contribution in [2.45, 2.75) is 37.6 Å². The predicted octanol–water partition coefficient (Wildman–Crippen LogP) is 2.97. The quantitative estimate of drug-likeness (QED) is 0.851. The van der Waals surface area contributed by atoms with Gasteiger partial charge in [0.15, 0.2) is 0 Å². The standard InChI is InChI=1S/C16H23F2N3/c17-16(18)8-4-3-7-15(16)21-11-9-20(10-12-21)14-6-2-1-5-13(14)19/h1-2,5-6,15H,3-4,7-12,19H2/t15-/m0/s1. The number of hydrogen-bond acceptors (Lipinski definition) is 3. The minimum absolute atomic E-state index is 0.0452. The van der Waals surface area contributed by atoms with Gasteiger partial charge in [0.2, 0.25) is 0 Å². The monoisotopic (exact) mass is 295 g/mol. The second-order valence-corrected chi connectivity index (χ2v) is 6.10. The fourth-order valence-electron chi connectivity index (χ4n) is 3.58. The van der Waals surface area contributed by atoms with Crippen LogP contribution in [-0.2, 0) is 0 Å². The molecular weight excluding hydrogens is 272 g/mol. The van der Waals surface area contributed by atoms with Crippen molar-refractivity contribution in [2.24, 2.45) is 0 Å². The molecule has 1 aromatic rings. The minimum Gasteiger partial charge on any atom is -0.397 e. The molecule has 3 nitrogen and oxygen atoms in total. The molecule has 3 rings (SSSR count). The Hall–Kier alpha value is -1.36. The number of nitrogen functional groups attached to an aromatic ring is 1. The molecule has 1 saturated heterocycles. The summed E-state index contributed by atoms with van der Waals surface area (Å²) in [6.45, 7) is 2.91. The van der Waals surface area contributed by atoms with Crippen molar-refractivity contribution in [1.29, 1.82) is 0 Å². The molecule has 0 aromatic heterocycles. The summed E-state index contributed by atoms with van der Waals surface area (Å²) in [7, 11) is 0. The van der Waals surface area contributed by atoms with E-state index in [0.29, 0.717) is 25.9 Å². The number of halogens is 2. The number of alkyl halides is 2. The number of anilines is 2. The maximum Gasteiger partial charge on any atom is 0.263 e. The molecule has 1 atom stereocenters. The first kappa shape index (κ1) is 14.6. The van der Waals surface area contributed by atoms with Gasteiger partial charge in [-0.05, 0) is 25.0 Å². The second-order valence-electron chi connectivity index (χ2n) is 6.10. The highest BCUT2D eigenvalue weighted by Crippen LogP contribution is 2.37. The van der Waals surface area contributed by atoms with E-state index in [1.807, 2.05) is 29.2 Å². The molecule has 5 heteroatoms. The van der Waals surface area contributed by atoms with E-state index >= 15 is 0 Å². The van der Waals surface area contributed by atoms with Crippen LogP contribution in [0.3, 0.4) is 0 Å². The van der Waals surface area contributed by atoms with Gasteiger partial charge < -0.3 is 10.6 Å². The molecule has 0 spiro atoms. The molecular formula is C16H23F2N3. The Morgan fingerprint density at radius 2 is 1.76 bits per heavy atom. The van der Waals surface area contributed by atoms with Gasteiger partial charge >= 0.3 is 0 Å². The van der Waals surface area contributed by atoms with Gasteiger partial charge in [-0.25, -0.2) is 8.78 Å². The first-order chi connectivity index (χ1) is 10.1. The number of hydrogen-bond donors (Lipinski definition) is 1. The Bertz CT molecular complexity index is 484. The first-order valence-electron chi connectivity index (χ1n) is 7.79. The first-order valence-corrected chi connectivity index (χ1v) is 7.79. The van der Waals surface area contributed by atoms with Crippen LogP contribution in [0.15, 0.2) is 24.3 Å². The summed E-state index contributed by atoms with van der Waals surface area (Å²) in [6, 6.07) is 7.20. The Balaban J connectivity index is 1.64. The Labute approximate surface area is 124 Å². The summed E-state index contributed by atoms with van der Waals surface area (Å²) < 4.78 is 28.1. The molecule has 2 aliphatic rings. The van der Waals surface area contributed by atoms with E-state index in [-0.39, 0.29) is 6.42 Å². The second kappa shape index (κ2) is 5.79. The molecule has 1 aromatic carbocycles. The highest BCUT2D eigenvalue weighted by molar-refractivity contribution is 5.67. The molecule has 1 aliphatic carbocycles. The number of rotatable bonds is 2. The zero-order chi connectivity index (χ0) is 14.9. The van der Waals surface area contributed by atoms with Gasteiger partial charge in [-0.2, -0.15) is 0 Å². The smallest absolute Gasteiger partial charge is 0.263 e. The zero-order valence-electron chi connectivity index (χ0n) is 12.3. The van der Waals surface area contributed by atoms with Gasteiger partial charge in [-0.15, -0.1) is 0 Å². The lowest BCUT2D eigenvalue weighted by atomic mass is 9.90. The van der Waals surface area contributed by atoms with E-state index in [0.717, 1.165) is 30.9 Å². The number of para-hydroxylation sites is 2. The minimum atomic E-state index is -2.52. The molecule has 1 saturated carbocycles. The Morgan fingerprint density at radius 1 is 1.05 bits per heavy atom. The molecule has 2 fully saturated rings. The lowest BCUT2D eigenvalue weighted by Crippen LogP contribution is -2.56. The summed E-state index contributed by atoms with van der Waals surface area (Å²) >= 11 is 0. The van der Waals surface area contributed by atoms with Gasteiger partial charge in [-0.1, -0.05) is 18.6 Å². The van der Waals surface area contributed by atoms with Crippen LogP contribution in [0, 0.1) is 0 Å². The average molecular weight is 295 g/mol. The summed E-state index contributed by atoms with van der Waals surface area (Å²) in [5.74, 6) is -2.52. The average Bonchev–Trinajstić information content (AvgIpc) is 2.48. The van der Waals surface area contributed by atoms with Crippen LogP contribution in [0.1, 0.15) is 25.7 Å². The number of piperazine rings is 1.